The molecule has 48 valence electrons. The van der Waals surface area contributed by atoms with Crippen molar-refractivity contribution in [2.75, 3.05) is 0 Å². The molecule has 0 heterocycles. The van der Waals surface area contributed by atoms with Crippen molar-refractivity contribution in [3.05, 3.63) is 0 Å². The number of amides is 1. The topological polar surface area (TPSA) is 20.3 Å². The van der Waals surface area contributed by atoms with Gasteiger partial charge in [0, 0.05) is 0 Å². The summed E-state index contributed by atoms with van der Waals surface area (Å²) >= 11 is 15.8. The maximum Gasteiger partial charge on any atom is 0.276 e. The normalized spacial score (nSPS) is 9.62. The second kappa shape index (κ2) is 3.93. The average Bonchev–Trinajstić information content (AvgIpc) is 1.64. The second-order valence-electron chi connectivity index (χ2n) is 0.872. The molecule has 0 aromatic heterocycles. The third-order valence-corrected chi connectivity index (χ3v) is 1.43. The molecule has 6 heteroatoms. The molecule has 0 aromatic rings. The largest absolute Gasteiger partial charge is 0.276 e. The summed E-state index contributed by atoms with van der Waals surface area (Å²) in [5.74, 6) is -0.451. The zero-order chi connectivity index (χ0) is 6.73. The summed E-state index contributed by atoms with van der Waals surface area (Å²) in [4.78, 5) is 9.39. The molecule has 8 heavy (non-hydrogen) atoms. The van der Waals surface area contributed by atoms with E-state index >= 15 is 0 Å². The lowest BCUT2D eigenvalue weighted by atomic mass is 10.8. The monoisotopic (exact) mass is 283 g/mol. The van der Waals surface area contributed by atoms with Gasteiger partial charge >= 0.3 is 0 Å². The highest BCUT2D eigenvalue weighted by Crippen LogP contribution is 2.13. The molecule has 0 unspecified atom stereocenters. The van der Waals surface area contributed by atoms with E-state index in [1.807, 2.05) is 0 Å². The molecule has 0 atom stereocenters. The third kappa shape index (κ3) is 3.12. The fourth-order valence-corrected chi connectivity index (χ4v) is 1.15. The predicted molar refractivity (Wildman–Crippen MR) is 40.2 cm³/mol. The smallest absolute Gasteiger partial charge is 0.270 e. The highest BCUT2D eigenvalue weighted by Gasteiger charge is 2.15. The minimum absolute atomic E-state index is 0.451. The summed E-state index contributed by atoms with van der Waals surface area (Å²) in [6.45, 7) is 0. The lowest BCUT2D eigenvalue weighted by Crippen LogP contribution is -2.16. The number of halogens is 4. The van der Waals surface area contributed by atoms with E-state index in [2.05, 4.69) is 32.3 Å². The van der Waals surface area contributed by atoms with Crippen LogP contribution < -0.4 is 0 Å². The standard InChI is InChI=1S/C2HBr2Cl2NO/c3-7(4)2(8)1(5)6/h1H. The number of hydrogen-bond donors (Lipinski definition) is 0. The van der Waals surface area contributed by atoms with Gasteiger partial charge in [0.2, 0.25) is 0 Å². The fraction of sp³-hybridized carbons (Fsp3) is 0.500. The first-order valence-electron chi connectivity index (χ1n) is 1.49. The molecule has 0 aliphatic carbocycles. The van der Waals surface area contributed by atoms with E-state index in [9.17, 15) is 4.79 Å². The summed E-state index contributed by atoms with van der Waals surface area (Å²) in [7, 11) is 0. The van der Waals surface area contributed by atoms with Crippen LogP contribution in [0.25, 0.3) is 0 Å². The van der Waals surface area contributed by atoms with Crippen molar-refractivity contribution in [3.8, 4) is 0 Å². The lowest BCUT2D eigenvalue weighted by Gasteiger charge is -2.02. The first-order chi connectivity index (χ1) is 3.55. The molecule has 0 N–H and O–H groups in total. The highest BCUT2D eigenvalue weighted by atomic mass is 79.9. The van der Waals surface area contributed by atoms with Gasteiger partial charge in [-0.1, -0.05) is 23.2 Å². The van der Waals surface area contributed by atoms with E-state index in [-0.39, 0.29) is 0 Å². The number of hydrogen-bond acceptors (Lipinski definition) is 1. The molecular weight excluding hydrogens is 285 g/mol. The Morgan fingerprint density at radius 1 is 1.50 bits per heavy atom. The van der Waals surface area contributed by atoms with E-state index in [1.165, 1.54) is 0 Å². The van der Waals surface area contributed by atoms with Crippen LogP contribution in [0.15, 0.2) is 0 Å². The van der Waals surface area contributed by atoms with Gasteiger partial charge in [0.15, 0.2) is 4.84 Å². The van der Waals surface area contributed by atoms with E-state index in [1.54, 1.807) is 0 Å². The van der Waals surface area contributed by atoms with Gasteiger partial charge < -0.3 is 0 Å². The average molecular weight is 286 g/mol. The van der Waals surface area contributed by atoms with Crippen LogP contribution in [0.4, 0.5) is 0 Å². The first-order valence-corrected chi connectivity index (χ1v) is 3.78. The Morgan fingerprint density at radius 3 is 1.88 bits per heavy atom. The van der Waals surface area contributed by atoms with Gasteiger partial charge in [0.05, 0.1) is 32.3 Å². The molecule has 0 aliphatic rings. The minimum atomic E-state index is -1.02. The van der Waals surface area contributed by atoms with Gasteiger partial charge in [-0.3, -0.25) is 4.79 Å². The van der Waals surface area contributed by atoms with Gasteiger partial charge in [-0.15, -0.1) is 0 Å². The number of carbonyl (C=O) groups excluding carboxylic acids is 1. The first kappa shape index (κ1) is 9.01. The Morgan fingerprint density at radius 2 is 1.88 bits per heavy atom. The van der Waals surface area contributed by atoms with Gasteiger partial charge in [-0.2, -0.15) is 0 Å². The van der Waals surface area contributed by atoms with E-state index in [0.29, 0.717) is 0 Å². The van der Waals surface area contributed by atoms with Crippen LogP contribution in [0.1, 0.15) is 0 Å². The number of carbonyl (C=O) groups is 1. The Labute approximate surface area is 73.8 Å². The molecule has 0 aliphatic heterocycles. The zero-order valence-corrected chi connectivity index (χ0v) is 8.13. The highest BCUT2D eigenvalue weighted by molar-refractivity contribution is 9.21. The van der Waals surface area contributed by atoms with Crippen molar-refractivity contribution in [2.45, 2.75) is 4.84 Å². The minimum Gasteiger partial charge on any atom is -0.270 e. The van der Waals surface area contributed by atoms with Crippen molar-refractivity contribution in [1.82, 2.24) is 2.95 Å². The Bertz CT molecular complexity index is 86.0. The molecule has 0 radical (unpaired) electrons. The van der Waals surface area contributed by atoms with Crippen molar-refractivity contribution in [1.29, 1.82) is 0 Å². The Balaban J connectivity index is 3.65. The quantitative estimate of drug-likeness (QED) is 0.534. The molecular formula is C2HBr2Cl2NO. The van der Waals surface area contributed by atoms with Crippen molar-refractivity contribution in [3.63, 3.8) is 0 Å². The second-order valence-corrected chi connectivity index (χ2v) is 4.34. The van der Waals surface area contributed by atoms with Crippen LogP contribution in [0.5, 0.6) is 0 Å². The maximum absolute atomic E-state index is 10.4. The van der Waals surface area contributed by atoms with Gasteiger partial charge in [0.1, 0.15) is 0 Å². The van der Waals surface area contributed by atoms with Crippen molar-refractivity contribution < 1.29 is 4.79 Å². The molecule has 0 aromatic carbocycles. The number of rotatable bonds is 1. The van der Waals surface area contributed by atoms with Crippen molar-refractivity contribution >= 4 is 61.4 Å². The van der Waals surface area contributed by atoms with E-state index in [4.69, 9.17) is 23.2 Å². The Kier molecular flexibility index (Phi) is 4.42. The summed E-state index contributed by atoms with van der Waals surface area (Å²) < 4.78 is 0.963. The molecule has 0 spiro atoms. The zero-order valence-electron chi connectivity index (χ0n) is 3.44. The maximum atomic E-state index is 10.4. The van der Waals surface area contributed by atoms with Crippen molar-refractivity contribution in [2.24, 2.45) is 0 Å². The van der Waals surface area contributed by atoms with E-state index < -0.39 is 10.7 Å². The van der Waals surface area contributed by atoms with Crippen LogP contribution in [-0.2, 0) is 4.79 Å². The summed E-state index contributed by atoms with van der Waals surface area (Å²) in [6, 6.07) is 0. The third-order valence-electron chi connectivity index (χ3n) is 0.353. The van der Waals surface area contributed by atoms with Crippen LogP contribution in [-0.4, -0.2) is 13.7 Å². The molecule has 0 bridgehead atoms. The van der Waals surface area contributed by atoms with Crippen LogP contribution in [0.2, 0.25) is 0 Å². The Hall–Kier alpha value is 1.01. The molecule has 0 rings (SSSR count). The number of alkyl halides is 2. The van der Waals surface area contributed by atoms with E-state index in [0.717, 1.165) is 2.95 Å². The van der Waals surface area contributed by atoms with Crippen LogP contribution in [0.3, 0.4) is 0 Å². The van der Waals surface area contributed by atoms with Crippen LogP contribution in [0, 0.1) is 0 Å². The van der Waals surface area contributed by atoms with Crippen LogP contribution >= 0.6 is 55.5 Å². The summed E-state index contributed by atoms with van der Waals surface area (Å²) in [6.07, 6.45) is 0. The molecule has 2 nitrogen and oxygen atoms in total. The molecule has 0 fully saturated rings. The predicted octanol–water partition coefficient (Wildman–Crippen LogP) is 2.24. The fourth-order valence-electron chi connectivity index (χ4n) is 0.0738. The van der Waals surface area contributed by atoms with Gasteiger partial charge in [-0.05, 0) is 0 Å². The molecule has 0 saturated carbocycles. The summed E-state index contributed by atoms with van der Waals surface area (Å²) in [5, 5.41) is 0. The number of nitrogens with zero attached hydrogens (tertiary/aromatic N) is 1. The molecule has 1 amide bonds. The van der Waals surface area contributed by atoms with Gasteiger partial charge in [-0.25, -0.2) is 2.95 Å². The summed E-state index contributed by atoms with van der Waals surface area (Å²) in [5.41, 5.74) is 0. The van der Waals surface area contributed by atoms with Gasteiger partial charge in [0.25, 0.3) is 5.91 Å². The molecule has 0 saturated heterocycles. The lowest BCUT2D eigenvalue weighted by molar-refractivity contribution is -0.120. The SMILES string of the molecule is O=C(C(Cl)Cl)N(Br)Br.